The third-order valence-electron chi connectivity index (χ3n) is 2.84. The molecule has 2 heterocycles. The molecule has 2 rings (SSSR count). The Morgan fingerprint density at radius 3 is 2.79 bits per heavy atom. The van der Waals surface area contributed by atoms with Gasteiger partial charge in [0.1, 0.15) is 5.75 Å². The minimum Gasteiger partial charge on any atom is -0.492 e. The first-order valence-electron chi connectivity index (χ1n) is 5.95. The van der Waals surface area contributed by atoms with Gasteiger partial charge in [-0.25, -0.2) is 0 Å². The molecule has 0 radical (unpaired) electrons. The van der Waals surface area contributed by atoms with Gasteiger partial charge in [0.15, 0.2) is 0 Å². The summed E-state index contributed by atoms with van der Waals surface area (Å²) < 4.78 is 48.1. The number of ether oxygens (including phenoxy) is 2. The molecule has 1 saturated heterocycles. The second-order valence-corrected chi connectivity index (χ2v) is 4.30. The summed E-state index contributed by atoms with van der Waals surface area (Å²) in [6, 6.07) is 0.989. The number of nitrogens with zero attached hydrogens (tertiary/aromatic N) is 1. The van der Waals surface area contributed by atoms with Gasteiger partial charge in [-0.05, 0) is 18.9 Å². The first-order chi connectivity index (χ1) is 8.55. The van der Waals surface area contributed by atoms with Crippen molar-refractivity contribution >= 4 is 12.4 Å². The van der Waals surface area contributed by atoms with Crippen LogP contribution in [0.1, 0.15) is 19.3 Å². The first-order valence-corrected chi connectivity index (χ1v) is 5.95. The van der Waals surface area contributed by atoms with Crippen molar-refractivity contribution < 1.29 is 73.8 Å². The van der Waals surface area contributed by atoms with E-state index < -0.39 is 12.4 Å². The number of hydrogen-bond acceptors (Lipinski definition) is 3. The van der Waals surface area contributed by atoms with Crippen LogP contribution in [-0.4, -0.2) is 31.3 Å². The number of hydrogen-bond donors (Lipinski definition) is 0. The zero-order valence-electron chi connectivity index (χ0n) is 10.8. The van der Waals surface area contributed by atoms with Crippen LogP contribution in [0, 0.1) is 0 Å². The zero-order chi connectivity index (χ0) is 13.0. The largest absolute Gasteiger partial charge is 1.00 e. The van der Waals surface area contributed by atoms with Crippen molar-refractivity contribution in [3.63, 3.8) is 0 Å². The molecule has 0 N–H and O–H groups in total. The van der Waals surface area contributed by atoms with E-state index in [4.69, 9.17) is 9.47 Å². The fraction of sp³-hybridized carbons (Fsp3) is 0.545. The van der Waals surface area contributed by atoms with E-state index in [0.29, 0.717) is 13.0 Å². The Bertz CT molecular complexity index is 400. The van der Waals surface area contributed by atoms with E-state index in [0.717, 1.165) is 31.7 Å². The van der Waals surface area contributed by atoms with Crippen LogP contribution in [0.2, 0.25) is 0 Å². The Balaban J connectivity index is 0.00000180. The van der Waals surface area contributed by atoms with Gasteiger partial charge >= 0.3 is 58.4 Å². The van der Waals surface area contributed by atoms with E-state index in [1.54, 1.807) is 0 Å². The third kappa shape index (κ3) is 5.73. The maximum absolute atomic E-state index is 12.5. The van der Waals surface area contributed by atoms with E-state index in [9.17, 15) is 12.9 Å². The van der Waals surface area contributed by atoms with Crippen molar-refractivity contribution in [3.05, 3.63) is 18.5 Å². The fourth-order valence-corrected chi connectivity index (χ4v) is 1.87. The number of halogens is 3. The standard InChI is InChI=1S/C11H14BF3NO2.K/c13-12(14,15)9-6-11(8-16-7-9)18-5-3-10-2-1-4-17-10;/h6-8,10H,1-5H2;/q-1;+1. The van der Waals surface area contributed by atoms with Crippen molar-refractivity contribution in [2.45, 2.75) is 25.4 Å². The van der Waals surface area contributed by atoms with Crippen LogP contribution in [0.25, 0.3) is 0 Å². The van der Waals surface area contributed by atoms with Gasteiger partial charge in [-0.3, -0.25) is 4.98 Å². The molecule has 1 aromatic rings. The summed E-state index contributed by atoms with van der Waals surface area (Å²) in [4.78, 5) is 3.54. The summed E-state index contributed by atoms with van der Waals surface area (Å²) in [5.41, 5.74) is -0.732. The van der Waals surface area contributed by atoms with Crippen molar-refractivity contribution in [1.29, 1.82) is 0 Å². The van der Waals surface area contributed by atoms with Crippen LogP contribution in [0.15, 0.2) is 18.5 Å². The Morgan fingerprint density at radius 1 is 1.37 bits per heavy atom. The van der Waals surface area contributed by atoms with Crippen molar-refractivity contribution in [2.24, 2.45) is 0 Å². The number of rotatable bonds is 5. The van der Waals surface area contributed by atoms with Crippen molar-refractivity contribution in [1.82, 2.24) is 4.98 Å². The third-order valence-corrected chi connectivity index (χ3v) is 2.84. The molecule has 0 aromatic carbocycles. The summed E-state index contributed by atoms with van der Waals surface area (Å²) in [5, 5.41) is 0. The van der Waals surface area contributed by atoms with Crippen LogP contribution >= 0.6 is 0 Å². The molecule has 0 bridgehead atoms. The van der Waals surface area contributed by atoms with E-state index in [-0.39, 0.29) is 63.2 Å². The summed E-state index contributed by atoms with van der Waals surface area (Å²) in [6.45, 7) is -3.91. The molecular weight excluding hydrogens is 285 g/mol. The van der Waals surface area contributed by atoms with E-state index in [1.807, 2.05) is 0 Å². The van der Waals surface area contributed by atoms with E-state index in [1.165, 1.54) is 6.20 Å². The van der Waals surface area contributed by atoms with E-state index in [2.05, 4.69) is 4.98 Å². The molecule has 19 heavy (non-hydrogen) atoms. The minimum absolute atomic E-state index is 0. The normalized spacial score (nSPS) is 19.0. The molecule has 0 saturated carbocycles. The smallest absolute Gasteiger partial charge is 0.492 e. The Kier molecular flexibility index (Phi) is 7.34. The topological polar surface area (TPSA) is 31.4 Å². The molecule has 1 unspecified atom stereocenters. The van der Waals surface area contributed by atoms with Gasteiger partial charge in [-0.2, -0.15) is 0 Å². The molecule has 0 aliphatic carbocycles. The molecule has 1 atom stereocenters. The second kappa shape index (κ2) is 7.99. The molecule has 1 aromatic heterocycles. The fourth-order valence-electron chi connectivity index (χ4n) is 1.87. The molecule has 1 aliphatic heterocycles. The zero-order valence-corrected chi connectivity index (χ0v) is 13.9. The monoisotopic (exact) mass is 299 g/mol. The van der Waals surface area contributed by atoms with Crippen LogP contribution in [0.3, 0.4) is 0 Å². The molecule has 8 heteroatoms. The van der Waals surface area contributed by atoms with Gasteiger partial charge in [-0.15, -0.1) is 0 Å². The molecule has 1 aliphatic rings. The van der Waals surface area contributed by atoms with Crippen molar-refractivity contribution in [3.8, 4) is 5.75 Å². The minimum atomic E-state index is -5.02. The van der Waals surface area contributed by atoms with Crippen molar-refractivity contribution in [2.75, 3.05) is 13.2 Å². The summed E-state index contributed by atoms with van der Waals surface area (Å²) in [6.07, 6.45) is 5.01. The van der Waals surface area contributed by atoms with Gasteiger partial charge in [0.05, 0.1) is 18.9 Å². The van der Waals surface area contributed by atoms with Gasteiger partial charge in [0.2, 0.25) is 0 Å². The number of pyridine rings is 1. The van der Waals surface area contributed by atoms with Gasteiger partial charge in [0.25, 0.3) is 0 Å². The van der Waals surface area contributed by atoms with Crippen LogP contribution < -0.4 is 61.6 Å². The Labute approximate surface area is 152 Å². The SMILES string of the molecule is F[B-](F)(F)c1cncc(OCCC2CCCO2)c1.[K+]. The Hall–Kier alpha value is 0.401. The molecular formula is C11H14BF3KNO2. The van der Waals surface area contributed by atoms with Crippen LogP contribution in [-0.2, 0) is 4.74 Å². The van der Waals surface area contributed by atoms with Gasteiger partial charge in [-0.1, -0.05) is 5.46 Å². The maximum atomic E-state index is 12.5. The maximum Gasteiger partial charge on any atom is 1.00 e. The van der Waals surface area contributed by atoms with Crippen LogP contribution in [0.4, 0.5) is 12.9 Å². The predicted octanol–water partition coefficient (Wildman–Crippen LogP) is -0.912. The summed E-state index contributed by atoms with van der Waals surface area (Å²) >= 11 is 0. The first kappa shape index (κ1) is 17.5. The number of aromatic nitrogens is 1. The van der Waals surface area contributed by atoms with Gasteiger partial charge in [0, 0.05) is 19.2 Å². The Morgan fingerprint density at radius 2 is 2.16 bits per heavy atom. The molecule has 0 amide bonds. The molecule has 0 spiro atoms. The second-order valence-electron chi connectivity index (χ2n) is 4.30. The average Bonchev–Trinajstić information content (AvgIpc) is 2.81. The van der Waals surface area contributed by atoms with Crippen LogP contribution in [0.5, 0.6) is 5.75 Å². The molecule has 1 fully saturated rings. The predicted molar refractivity (Wildman–Crippen MR) is 62.0 cm³/mol. The van der Waals surface area contributed by atoms with E-state index >= 15 is 0 Å². The summed E-state index contributed by atoms with van der Waals surface area (Å²) in [5.74, 6) is 0.157. The quantitative estimate of drug-likeness (QED) is 0.660. The molecule has 3 nitrogen and oxygen atoms in total. The summed E-state index contributed by atoms with van der Waals surface area (Å²) in [7, 11) is 0. The molecule has 100 valence electrons. The van der Waals surface area contributed by atoms with Gasteiger partial charge < -0.3 is 22.4 Å². The average molecular weight is 299 g/mol.